The molecule has 1 fully saturated rings. The molecule has 1 aliphatic rings. The van der Waals surface area contributed by atoms with Crippen molar-refractivity contribution in [3.05, 3.63) is 28.2 Å². The van der Waals surface area contributed by atoms with Gasteiger partial charge in [-0.2, -0.15) is 0 Å². The molecule has 1 N–H and O–H groups in total. The molecule has 3 nitrogen and oxygen atoms in total. The number of carbonyl (C=O) groups excluding carboxylic acids is 1. The van der Waals surface area contributed by atoms with Crippen LogP contribution in [-0.4, -0.2) is 33.5 Å². The maximum atomic E-state index is 12.2. The van der Waals surface area contributed by atoms with E-state index in [0.717, 1.165) is 30.3 Å². The van der Waals surface area contributed by atoms with E-state index >= 15 is 0 Å². The Morgan fingerprint density at radius 3 is 2.48 bits per heavy atom. The lowest BCUT2D eigenvalue weighted by atomic mass is 10.3. The Kier molecular flexibility index (Phi) is 6.17. The van der Waals surface area contributed by atoms with Gasteiger partial charge in [0, 0.05) is 13.1 Å². The fourth-order valence-corrected chi connectivity index (χ4v) is 3.93. The lowest BCUT2D eigenvalue weighted by Crippen LogP contribution is -2.29. The molecule has 0 saturated carbocycles. The number of halogens is 2. The summed E-state index contributed by atoms with van der Waals surface area (Å²) in [6.45, 7) is 3.79. The van der Waals surface area contributed by atoms with Crippen molar-refractivity contribution in [3.63, 3.8) is 0 Å². The van der Waals surface area contributed by atoms with Crippen LogP contribution in [0.1, 0.15) is 19.8 Å². The average molecular weight is 363 g/mol. The number of thioether (sulfide) groups is 1. The molecule has 1 aromatic rings. The van der Waals surface area contributed by atoms with Crippen LogP contribution in [0.2, 0.25) is 10.0 Å². The molecular weight excluding hydrogens is 347 g/mol. The van der Waals surface area contributed by atoms with Crippen molar-refractivity contribution in [3.8, 4) is 0 Å². The second-order valence-corrected chi connectivity index (χ2v) is 7.60. The van der Waals surface area contributed by atoms with E-state index in [0.29, 0.717) is 15.7 Å². The zero-order valence-electron chi connectivity index (χ0n) is 11.6. The van der Waals surface area contributed by atoms with Crippen molar-refractivity contribution in [2.45, 2.75) is 25.0 Å². The predicted octanol–water partition coefficient (Wildman–Crippen LogP) is 4.43. The third-order valence-electron chi connectivity index (χ3n) is 3.22. The molecule has 0 aliphatic carbocycles. The van der Waals surface area contributed by atoms with Crippen LogP contribution in [0.4, 0.5) is 5.69 Å². The SMILES string of the molecule is CC(SC(=S)N1CCCC1)C(=O)Nc1c(Cl)cccc1Cl. The molecule has 0 bridgehead atoms. The van der Waals surface area contributed by atoms with Crippen LogP contribution < -0.4 is 5.32 Å². The maximum absolute atomic E-state index is 12.2. The van der Waals surface area contributed by atoms with Gasteiger partial charge in [-0.15, -0.1) is 0 Å². The number of nitrogens with zero attached hydrogens (tertiary/aromatic N) is 1. The number of nitrogens with one attached hydrogen (secondary N) is 1. The molecule has 0 radical (unpaired) electrons. The van der Waals surface area contributed by atoms with Gasteiger partial charge in [0.2, 0.25) is 5.91 Å². The summed E-state index contributed by atoms with van der Waals surface area (Å²) in [5.74, 6) is -0.156. The first-order valence-corrected chi connectivity index (χ1v) is 8.74. The van der Waals surface area contributed by atoms with Gasteiger partial charge >= 0.3 is 0 Å². The minimum Gasteiger partial charge on any atom is -0.358 e. The molecule has 1 amide bonds. The second-order valence-electron chi connectivity index (χ2n) is 4.81. The number of hydrogen-bond donors (Lipinski definition) is 1. The van der Waals surface area contributed by atoms with Crippen molar-refractivity contribution in [1.29, 1.82) is 0 Å². The van der Waals surface area contributed by atoms with Gasteiger partial charge in [0.05, 0.1) is 21.0 Å². The standard InChI is InChI=1S/C14H16Cl2N2OS2/c1-9(21-14(20)18-7-2-3-8-18)13(19)17-12-10(15)5-4-6-11(12)16/h4-6,9H,2-3,7-8H2,1H3,(H,17,19). The first kappa shape index (κ1) is 16.9. The molecule has 1 saturated heterocycles. The minimum atomic E-state index is -0.301. The van der Waals surface area contributed by atoms with E-state index in [1.54, 1.807) is 18.2 Å². The third-order valence-corrected chi connectivity index (χ3v) is 5.43. The highest BCUT2D eigenvalue weighted by atomic mass is 35.5. The number of amides is 1. The zero-order chi connectivity index (χ0) is 15.4. The van der Waals surface area contributed by atoms with Crippen molar-refractivity contribution in [1.82, 2.24) is 4.90 Å². The van der Waals surface area contributed by atoms with E-state index in [9.17, 15) is 4.79 Å². The molecule has 1 aliphatic heterocycles. The van der Waals surface area contributed by atoms with E-state index in [2.05, 4.69) is 10.2 Å². The maximum Gasteiger partial charge on any atom is 0.237 e. The van der Waals surface area contributed by atoms with Gasteiger partial charge in [-0.3, -0.25) is 4.79 Å². The molecule has 0 spiro atoms. The Balaban J connectivity index is 1.94. The number of para-hydroxylation sites is 1. The summed E-state index contributed by atoms with van der Waals surface area (Å²) in [4.78, 5) is 14.4. The van der Waals surface area contributed by atoms with E-state index in [4.69, 9.17) is 35.4 Å². The average Bonchev–Trinajstić information content (AvgIpc) is 2.97. The van der Waals surface area contributed by atoms with Crippen molar-refractivity contribution in [2.75, 3.05) is 18.4 Å². The van der Waals surface area contributed by atoms with Gasteiger partial charge < -0.3 is 10.2 Å². The van der Waals surface area contributed by atoms with E-state index < -0.39 is 0 Å². The van der Waals surface area contributed by atoms with Gasteiger partial charge in [0.1, 0.15) is 4.32 Å². The Bertz CT molecular complexity index is 528. The van der Waals surface area contributed by atoms with Gasteiger partial charge in [-0.25, -0.2) is 0 Å². The second kappa shape index (κ2) is 7.68. The highest BCUT2D eigenvalue weighted by Gasteiger charge is 2.22. The largest absolute Gasteiger partial charge is 0.358 e. The normalized spacial score (nSPS) is 15.9. The van der Waals surface area contributed by atoms with Crippen LogP contribution in [0, 0.1) is 0 Å². The topological polar surface area (TPSA) is 32.3 Å². The van der Waals surface area contributed by atoms with E-state index in [-0.39, 0.29) is 11.2 Å². The van der Waals surface area contributed by atoms with Gasteiger partial charge in [-0.1, -0.05) is 53.2 Å². The van der Waals surface area contributed by atoms with Gasteiger partial charge in [0.15, 0.2) is 0 Å². The summed E-state index contributed by atoms with van der Waals surface area (Å²) < 4.78 is 0.778. The van der Waals surface area contributed by atoms with Gasteiger partial charge in [-0.05, 0) is 31.9 Å². The number of anilines is 1. The molecule has 1 atom stereocenters. The van der Waals surface area contributed by atoms with E-state index in [1.807, 2.05) is 6.92 Å². The van der Waals surface area contributed by atoms with Gasteiger partial charge in [0.25, 0.3) is 0 Å². The Morgan fingerprint density at radius 1 is 1.33 bits per heavy atom. The molecule has 1 aromatic carbocycles. The predicted molar refractivity (Wildman–Crippen MR) is 95.5 cm³/mol. The highest BCUT2D eigenvalue weighted by Crippen LogP contribution is 2.30. The lowest BCUT2D eigenvalue weighted by molar-refractivity contribution is -0.115. The Morgan fingerprint density at radius 2 is 1.90 bits per heavy atom. The molecule has 21 heavy (non-hydrogen) atoms. The van der Waals surface area contributed by atoms with Crippen LogP contribution in [0.25, 0.3) is 0 Å². The summed E-state index contributed by atoms with van der Waals surface area (Å²) in [6, 6.07) is 5.12. The van der Waals surface area contributed by atoms with Crippen LogP contribution >= 0.6 is 47.2 Å². The quantitative estimate of drug-likeness (QED) is 0.805. The molecule has 0 aromatic heterocycles. The van der Waals surface area contributed by atoms with Crippen LogP contribution in [-0.2, 0) is 4.79 Å². The monoisotopic (exact) mass is 362 g/mol. The Labute approximate surface area is 144 Å². The molecule has 7 heteroatoms. The van der Waals surface area contributed by atoms with Crippen LogP contribution in [0.5, 0.6) is 0 Å². The summed E-state index contributed by atoms with van der Waals surface area (Å²) in [7, 11) is 0. The van der Waals surface area contributed by atoms with Crippen molar-refractivity contribution < 1.29 is 4.79 Å². The first-order chi connectivity index (χ1) is 9.99. The summed E-state index contributed by atoms with van der Waals surface area (Å²) in [6.07, 6.45) is 2.33. The number of carbonyl (C=O) groups is 1. The highest BCUT2D eigenvalue weighted by molar-refractivity contribution is 8.23. The van der Waals surface area contributed by atoms with Crippen molar-refractivity contribution in [2.24, 2.45) is 0 Å². The molecule has 114 valence electrons. The molecule has 1 unspecified atom stereocenters. The molecular formula is C14H16Cl2N2OS2. The van der Waals surface area contributed by atoms with Crippen LogP contribution in [0.15, 0.2) is 18.2 Å². The summed E-state index contributed by atoms with van der Waals surface area (Å²) in [5, 5.41) is 3.32. The minimum absolute atomic E-state index is 0.156. The number of thiocarbonyl (C=S) groups is 1. The summed E-state index contributed by atoms with van der Waals surface area (Å²) >= 11 is 18.9. The number of rotatable bonds is 3. The third kappa shape index (κ3) is 4.49. The zero-order valence-corrected chi connectivity index (χ0v) is 14.7. The number of hydrogen-bond acceptors (Lipinski definition) is 3. The van der Waals surface area contributed by atoms with Crippen LogP contribution in [0.3, 0.4) is 0 Å². The first-order valence-electron chi connectivity index (χ1n) is 6.69. The molecule has 1 heterocycles. The fraction of sp³-hybridized carbons (Fsp3) is 0.429. The molecule has 2 rings (SSSR count). The van der Waals surface area contributed by atoms with Crippen molar-refractivity contribution >= 4 is 63.1 Å². The smallest absolute Gasteiger partial charge is 0.237 e. The summed E-state index contributed by atoms with van der Waals surface area (Å²) in [5.41, 5.74) is 0.449. The number of benzene rings is 1. The van der Waals surface area contributed by atoms with E-state index in [1.165, 1.54) is 11.8 Å². The number of likely N-dealkylation sites (tertiary alicyclic amines) is 1. The fourth-order valence-electron chi connectivity index (χ4n) is 2.02. The Hall–Kier alpha value is -0.490. The lowest BCUT2D eigenvalue weighted by Gasteiger charge is -2.20.